The van der Waals surface area contributed by atoms with E-state index < -0.39 is 5.91 Å². The first-order valence-corrected chi connectivity index (χ1v) is 11.0. The first-order valence-electron chi connectivity index (χ1n) is 11.0. The Bertz CT molecular complexity index is 1570. The summed E-state index contributed by atoms with van der Waals surface area (Å²) in [7, 11) is 0. The van der Waals surface area contributed by atoms with Crippen LogP contribution >= 0.6 is 0 Å². The molecule has 168 valence electrons. The quantitative estimate of drug-likeness (QED) is 0.440. The maximum absolute atomic E-state index is 12.5. The van der Waals surface area contributed by atoms with Crippen molar-refractivity contribution in [2.75, 3.05) is 12.3 Å². The van der Waals surface area contributed by atoms with Crippen molar-refractivity contribution in [2.24, 2.45) is 5.73 Å². The number of nitrogens with zero attached hydrogens (tertiary/aromatic N) is 6. The van der Waals surface area contributed by atoms with E-state index in [1.165, 1.54) is 6.33 Å². The van der Waals surface area contributed by atoms with Crippen LogP contribution in [0.15, 0.2) is 30.7 Å². The number of ether oxygens (including phenoxy) is 1. The molecule has 0 saturated carbocycles. The molecule has 10 heteroatoms. The molecule has 1 atom stereocenters. The molecule has 10 nitrogen and oxygen atoms in total. The Labute approximate surface area is 188 Å². The summed E-state index contributed by atoms with van der Waals surface area (Å²) in [4.78, 5) is 17.0. The normalized spacial score (nSPS) is 16.8. The molecule has 1 fully saturated rings. The number of fused-ring (bicyclic) bond motifs is 4. The summed E-state index contributed by atoms with van der Waals surface area (Å²) in [6.07, 6.45) is 6.31. The largest absolute Gasteiger partial charge is 0.384 e. The standard InChI is InChI=1S/C23H24N8O2/c1-12-6-7-16-15(10-27-31(16)17-5-3-4-8-33-17)19(12)29-20-14(18(21(29)24)22(25)32)9-13(2)30-23(20)26-11-28-30/h6-7,9-11,17H,3-5,8,24H2,1-2H3,(H2,25,32). The van der Waals surface area contributed by atoms with Crippen molar-refractivity contribution in [1.29, 1.82) is 0 Å². The topological polar surface area (TPSA) is 131 Å². The third-order valence-corrected chi connectivity index (χ3v) is 6.54. The number of pyridine rings is 1. The molecule has 33 heavy (non-hydrogen) atoms. The van der Waals surface area contributed by atoms with E-state index in [2.05, 4.69) is 15.2 Å². The van der Waals surface area contributed by atoms with Gasteiger partial charge in [0, 0.05) is 23.1 Å². The van der Waals surface area contributed by atoms with E-state index in [1.54, 1.807) is 4.52 Å². The van der Waals surface area contributed by atoms with Crippen molar-refractivity contribution >= 4 is 39.2 Å². The Morgan fingerprint density at radius 2 is 2.03 bits per heavy atom. The van der Waals surface area contributed by atoms with Crippen LogP contribution in [0, 0.1) is 13.8 Å². The van der Waals surface area contributed by atoms with Gasteiger partial charge in [-0.2, -0.15) is 10.2 Å². The fourth-order valence-corrected chi connectivity index (χ4v) is 5.05. The van der Waals surface area contributed by atoms with E-state index in [0.717, 1.165) is 53.7 Å². The lowest BCUT2D eigenvalue weighted by Gasteiger charge is -2.23. The van der Waals surface area contributed by atoms with Crippen LogP contribution in [0.2, 0.25) is 0 Å². The van der Waals surface area contributed by atoms with Gasteiger partial charge in [-0.15, -0.1) is 0 Å². The molecule has 0 bridgehead atoms. The third kappa shape index (κ3) is 2.70. The number of benzene rings is 1. The van der Waals surface area contributed by atoms with Gasteiger partial charge >= 0.3 is 0 Å². The Morgan fingerprint density at radius 1 is 1.18 bits per heavy atom. The van der Waals surface area contributed by atoms with E-state index in [4.69, 9.17) is 16.2 Å². The van der Waals surface area contributed by atoms with Crippen LogP contribution in [0.1, 0.15) is 47.1 Å². The number of amides is 1. The predicted octanol–water partition coefficient (Wildman–Crippen LogP) is 3.02. The van der Waals surface area contributed by atoms with Crippen molar-refractivity contribution in [1.82, 2.24) is 28.9 Å². The highest BCUT2D eigenvalue weighted by Gasteiger charge is 2.27. The maximum atomic E-state index is 12.5. The number of primary amides is 1. The van der Waals surface area contributed by atoms with E-state index in [1.807, 2.05) is 47.5 Å². The van der Waals surface area contributed by atoms with Gasteiger partial charge in [0.15, 0.2) is 11.9 Å². The summed E-state index contributed by atoms with van der Waals surface area (Å²) in [5.41, 5.74) is 17.5. The molecule has 1 amide bonds. The fraction of sp³-hybridized carbons (Fsp3) is 0.304. The minimum absolute atomic E-state index is 0.0995. The summed E-state index contributed by atoms with van der Waals surface area (Å²) >= 11 is 0. The summed E-state index contributed by atoms with van der Waals surface area (Å²) < 4.78 is 11.5. The highest BCUT2D eigenvalue weighted by molar-refractivity contribution is 6.15. The van der Waals surface area contributed by atoms with Crippen molar-refractivity contribution in [3.8, 4) is 5.69 Å². The molecule has 1 saturated heterocycles. The Hall–Kier alpha value is -3.92. The van der Waals surface area contributed by atoms with Crippen molar-refractivity contribution in [2.45, 2.75) is 39.3 Å². The zero-order chi connectivity index (χ0) is 22.9. The highest BCUT2D eigenvalue weighted by atomic mass is 16.5. The zero-order valence-electron chi connectivity index (χ0n) is 18.4. The molecule has 5 heterocycles. The summed E-state index contributed by atoms with van der Waals surface area (Å²) in [6, 6.07) is 5.95. The molecule has 6 rings (SSSR count). The van der Waals surface area contributed by atoms with Gasteiger partial charge < -0.3 is 16.2 Å². The van der Waals surface area contributed by atoms with Crippen molar-refractivity contribution in [3.63, 3.8) is 0 Å². The molecule has 0 spiro atoms. The Balaban J connectivity index is 1.72. The number of nitrogens with two attached hydrogens (primary N) is 2. The monoisotopic (exact) mass is 444 g/mol. The number of aromatic nitrogens is 6. The molecule has 0 radical (unpaired) electrons. The van der Waals surface area contributed by atoms with Gasteiger partial charge in [-0.1, -0.05) is 6.07 Å². The summed E-state index contributed by atoms with van der Waals surface area (Å²) in [5.74, 6) is -0.319. The second-order valence-corrected chi connectivity index (χ2v) is 8.58. The maximum Gasteiger partial charge on any atom is 0.253 e. The van der Waals surface area contributed by atoms with Gasteiger partial charge in [-0.3, -0.25) is 9.36 Å². The molecule has 1 aliphatic rings. The molecular formula is C23H24N8O2. The molecule has 1 aromatic carbocycles. The van der Waals surface area contributed by atoms with Crippen LogP contribution in [-0.2, 0) is 4.74 Å². The molecule has 0 aliphatic carbocycles. The van der Waals surface area contributed by atoms with Crippen LogP contribution < -0.4 is 11.5 Å². The van der Waals surface area contributed by atoms with Crippen LogP contribution in [-0.4, -0.2) is 41.5 Å². The average Bonchev–Trinajstić information content (AvgIpc) is 3.50. The van der Waals surface area contributed by atoms with Crippen LogP contribution in [0.5, 0.6) is 0 Å². The molecule has 1 unspecified atom stereocenters. The van der Waals surface area contributed by atoms with Gasteiger partial charge in [-0.25, -0.2) is 14.2 Å². The fourth-order valence-electron chi connectivity index (χ4n) is 5.05. The molecule has 4 N–H and O–H groups in total. The lowest BCUT2D eigenvalue weighted by Crippen LogP contribution is -2.19. The predicted molar refractivity (Wildman–Crippen MR) is 124 cm³/mol. The smallest absolute Gasteiger partial charge is 0.253 e. The second-order valence-electron chi connectivity index (χ2n) is 8.58. The third-order valence-electron chi connectivity index (χ3n) is 6.54. The number of nitrogen functional groups attached to an aromatic ring is 1. The zero-order valence-corrected chi connectivity index (χ0v) is 18.4. The van der Waals surface area contributed by atoms with Crippen LogP contribution in [0.3, 0.4) is 0 Å². The number of aryl methyl sites for hydroxylation is 2. The van der Waals surface area contributed by atoms with E-state index >= 15 is 0 Å². The number of carbonyl (C=O) groups is 1. The van der Waals surface area contributed by atoms with Gasteiger partial charge in [0.2, 0.25) is 0 Å². The highest BCUT2D eigenvalue weighted by Crippen LogP contribution is 2.38. The first-order chi connectivity index (χ1) is 16.0. The SMILES string of the molecule is Cc1ccc2c(cnn2C2CCCCO2)c1-n1c(N)c(C(N)=O)c2cc(C)n3ncnc3c21. The van der Waals surface area contributed by atoms with E-state index in [-0.39, 0.29) is 17.6 Å². The lowest BCUT2D eigenvalue weighted by atomic mass is 10.1. The molecule has 5 aromatic rings. The lowest BCUT2D eigenvalue weighted by molar-refractivity contribution is -0.0366. The minimum Gasteiger partial charge on any atom is -0.384 e. The molecular weight excluding hydrogens is 420 g/mol. The van der Waals surface area contributed by atoms with Crippen LogP contribution in [0.25, 0.3) is 33.1 Å². The number of rotatable bonds is 3. The van der Waals surface area contributed by atoms with Crippen molar-refractivity contribution in [3.05, 3.63) is 47.5 Å². The number of hydrogen-bond acceptors (Lipinski definition) is 6. The van der Waals surface area contributed by atoms with Crippen LogP contribution in [0.4, 0.5) is 5.82 Å². The number of anilines is 1. The molecule has 4 aromatic heterocycles. The second kappa shape index (κ2) is 7.04. The number of carbonyl (C=O) groups excluding carboxylic acids is 1. The van der Waals surface area contributed by atoms with Crippen molar-refractivity contribution < 1.29 is 9.53 Å². The summed E-state index contributed by atoms with van der Waals surface area (Å²) in [5, 5.41) is 10.6. The number of hydrogen-bond donors (Lipinski definition) is 2. The van der Waals surface area contributed by atoms with Gasteiger partial charge in [-0.05, 0) is 50.8 Å². The van der Waals surface area contributed by atoms with Gasteiger partial charge in [0.05, 0.1) is 23.0 Å². The van der Waals surface area contributed by atoms with E-state index in [0.29, 0.717) is 16.6 Å². The molecule has 1 aliphatic heterocycles. The minimum atomic E-state index is -0.587. The first kappa shape index (κ1) is 19.7. The Morgan fingerprint density at radius 3 is 2.79 bits per heavy atom. The summed E-state index contributed by atoms with van der Waals surface area (Å²) in [6.45, 7) is 4.64. The van der Waals surface area contributed by atoms with Gasteiger partial charge in [0.25, 0.3) is 5.91 Å². The average molecular weight is 444 g/mol. The van der Waals surface area contributed by atoms with Gasteiger partial charge in [0.1, 0.15) is 17.7 Å². The Kier molecular flexibility index (Phi) is 4.21. The van der Waals surface area contributed by atoms with E-state index in [9.17, 15) is 4.79 Å².